The predicted molar refractivity (Wildman–Crippen MR) is 90.6 cm³/mol. The van der Waals surface area contributed by atoms with Crippen molar-refractivity contribution in [2.75, 3.05) is 13.1 Å². The Morgan fingerprint density at radius 1 is 1.05 bits per heavy atom. The third-order valence-electron chi connectivity index (χ3n) is 4.68. The Balaban J connectivity index is 1.92. The molecule has 2 atom stereocenters. The van der Waals surface area contributed by atoms with Gasteiger partial charge in [-0.2, -0.15) is 0 Å². The van der Waals surface area contributed by atoms with Crippen LogP contribution in [-0.4, -0.2) is 13.1 Å². The number of hydrogen-bond acceptors (Lipinski definition) is 2. The molecule has 0 aliphatic heterocycles. The van der Waals surface area contributed by atoms with E-state index in [1.807, 2.05) is 11.3 Å². The third kappa shape index (κ3) is 4.89. The van der Waals surface area contributed by atoms with Crippen LogP contribution in [0.2, 0.25) is 0 Å². The summed E-state index contributed by atoms with van der Waals surface area (Å²) in [5.74, 6) is 1.81. The van der Waals surface area contributed by atoms with E-state index in [4.69, 9.17) is 0 Å². The van der Waals surface area contributed by atoms with E-state index in [-0.39, 0.29) is 0 Å². The van der Waals surface area contributed by atoms with Crippen molar-refractivity contribution in [3.8, 4) is 0 Å². The second-order valence-electron chi connectivity index (χ2n) is 6.29. The van der Waals surface area contributed by atoms with Crippen molar-refractivity contribution in [3.05, 3.63) is 21.9 Å². The van der Waals surface area contributed by atoms with Gasteiger partial charge >= 0.3 is 0 Å². The molecule has 1 aliphatic carbocycles. The van der Waals surface area contributed by atoms with E-state index in [0.717, 1.165) is 11.8 Å². The molecule has 0 bridgehead atoms. The van der Waals surface area contributed by atoms with Gasteiger partial charge in [0.25, 0.3) is 0 Å². The molecule has 1 heterocycles. The van der Waals surface area contributed by atoms with Gasteiger partial charge in [-0.3, -0.25) is 0 Å². The van der Waals surface area contributed by atoms with Crippen LogP contribution in [0.15, 0.2) is 12.1 Å². The molecule has 1 nitrogen and oxygen atoms in total. The van der Waals surface area contributed by atoms with E-state index in [2.05, 4.69) is 31.3 Å². The largest absolute Gasteiger partial charge is 0.316 e. The summed E-state index contributed by atoms with van der Waals surface area (Å²) in [5, 5.41) is 3.67. The summed E-state index contributed by atoms with van der Waals surface area (Å²) < 4.78 is 0. The first-order valence-electron chi connectivity index (χ1n) is 8.61. The van der Waals surface area contributed by atoms with Gasteiger partial charge in [-0.25, -0.2) is 0 Å². The van der Waals surface area contributed by atoms with Crippen LogP contribution in [0.5, 0.6) is 0 Å². The molecule has 114 valence electrons. The van der Waals surface area contributed by atoms with Crippen LogP contribution in [-0.2, 0) is 12.8 Å². The zero-order chi connectivity index (χ0) is 14.2. The summed E-state index contributed by atoms with van der Waals surface area (Å²) in [6, 6.07) is 4.71. The van der Waals surface area contributed by atoms with Crippen LogP contribution in [0.3, 0.4) is 0 Å². The minimum Gasteiger partial charge on any atom is -0.316 e. The highest BCUT2D eigenvalue weighted by atomic mass is 32.1. The van der Waals surface area contributed by atoms with Gasteiger partial charge in [-0.05, 0) is 69.2 Å². The average molecular weight is 294 g/mol. The minimum atomic E-state index is 0.899. The molecule has 2 rings (SSSR count). The Kier molecular flexibility index (Phi) is 7.09. The fourth-order valence-corrected chi connectivity index (χ4v) is 4.49. The lowest BCUT2D eigenvalue weighted by atomic mass is 9.85. The monoisotopic (exact) mass is 293 g/mol. The predicted octanol–water partition coefficient (Wildman–Crippen LogP) is 5.05. The van der Waals surface area contributed by atoms with E-state index in [1.165, 1.54) is 64.5 Å². The van der Waals surface area contributed by atoms with E-state index in [1.54, 1.807) is 9.75 Å². The first-order valence-corrected chi connectivity index (χ1v) is 9.43. The van der Waals surface area contributed by atoms with Gasteiger partial charge in [-0.1, -0.05) is 33.1 Å². The van der Waals surface area contributed by atoms with Gasteiger partial charge in [0.15, 0.2) is 0 Å². The fourth-order valence-electron chi connectivity index (χ4n) is 3.44. The number of nitrogens with one attached hydrogen (secondary N) is 1. The summed E-state index contributed by atoms with van der Waals surface area (Å²) in [5.41, 5.74) is 0. The second kappa shape index (κ2) is 8.84. The lowest BCUT2D eigenvalue weighted by molar-refractivity contribution is 0.299. The molecule has 0 amide bonds. The quantitative estimate of drug-likeness (QED) is 0.548. The molecular weight excluding hydrogens is 262 g/mol. The van der Waals surface area contributed by atoms with Gasteiger partial charge < -0.3 is 5.32 Å². The van der Waals surface area contributed by atoms with Crippen LogP contribution in [0.25, 0.3) is 0 Å². The van der Waals surface area contributed by atoms with Crippen molar-refractivity contribution < 1.29 is 0 Å². The molecule has 1 N–H and O–H groups in total. The van der Waals surface area contributed by atoms with Crippen molar-refractivity contribution in [1.29, 1.82) is 0 Å². The van der Waals surface area contributed by atoms with Crippen molar-refractivity contribution >= 4 is 11.3 Å². The molecule has 2 heteroatoms. The van der Waals surface area contributed by atoms with Gasteiger partial charge in [0.2, 0.25) is 0 Å². The van der Waals surface area contributed by atoms with Crippen molar-refractivity contribution in [3.63, 3.8) is 0 Å². The second-order valence-corrected chi connectivity index (χ2v) is 7.54. The molecule has 0 aromatic carbocycles. The van der Waals surface area contributed by atoms with Crippen LogP contribution in [0, 0.1) is 11.8 Å². The van der Waals surface area contributed by atoms with E-state index in [0.29, 0.717) is 0 Å². The summed E-state index contributed by atoms with van der Waals surface area (Å²) in [4.78, 5) is 3.17. The van der Waals surface area contributed by atoms with Crippen molar-refractivity contribution in [1.82, 2.24) is 5.32 Å². The highest BCUT2D eigenvalue weighted by molar-refractivity contribution is 7.11. The fraction of sp³-hybridized carbons (Fsp3) is 0.778. The van der Waals surface area contributed by atoms with Gasteiger partial charge in [-0.15, -0.1) is 11.3 Å². The lowest BCUT2D eigenvalue weighted by Crippen LogP contribution is -2.29. The molecule has 0 spiro atoms. The highest BCUT2D eigenvalue weighted by Gasteiger charge is 2.24. The Morgan fingerprint density at radius 2 is 1.80 bits per heavy atom. The standard InChI is InChI=1S/C18H31NS/c1-3-12-19-14-16-9-7-5-6-8-15(16)13-18-11-10-17(4-2)20-18/h10-11,15-16,19H,3-9,12-14H2,1-2H3. The summed E-state index contributed by atoms with van der Waals surface area (Å²) in [6.07, 6.45) is 11.0. The van der Waals surface area contributed by atoms with Crippen molar-refractivity contribution in [2.45, 2.75) is 65.2 Å². The molecule has 0 radical (unpaired) electrons. The Hall–Kier alpha value is -0.340. The van der Waals surface area contributed by atoms with Crippen LogP contribution < -0.4 is 5.32 Å². The average Bonchev–Trinajstić information content (AvgIpc) is 2.80. The molecule has 1 fully saturated rings. The molecular formula is C18H31NS. The third-order valence-corrected chi connectivity index (χ3v) is 5.93. The topological polar surface area (TPSA) is 12.0 Å². The number of hydrogen-bond donors (Lipinski definition) is 1. The first kappa shape index (κ1) is 16.0. The zero-order valence-corrected chi connectivity index (χ0v) is 14.1. The van der Waals surface area contributed by atoms with Gasteiger partial charge in [0, 0.05) is 9.75 Å². The lowest BCUT2D eigenvalue weighted by Gasteiger charge is -2.25. The minimum absolute atomic E-state index is 0.899. The number of thiophene rings is 1. The molecule has 1 aliphatic rings. The van der Waals surface area contributed by atoms with E-state index in [9.17, 15) is 0 Å². The number of rotatable bonds is 7. The van der Waals surface area contributed by atoms with Crippen LogP contribution in [0.1, 0.15) is 62.1 Å². The molecule has 0 saturated heterocycles. The maximum absolute atomic E-state index is 3.67. The Labute approximate surface area is 129 Å². The van der Waals surface area contributed by atoms with Crippen LogP contribution in [0.4, 0.5) is 0 Å². The SMILES string of the molecule is CCCNCC1CCCCCC1Cc1ccc(CC)s1. The van der Waals surface area contributed by atoms with Crippen molar-refractivity contribution in [2.24, 2.45) is 11.8 Å². The maximum Gasteiger partial charge on any atom is 0.00510 e. The zero-order valence-electron chi connectivity index (χ0n) is 13.3. The Morgan fingerprint density at radius 3 is 2.50 bits per heavy atom. The molecule has 2 unspecified atom stereocenters. The summed E-state index contributed by atoms with van der Waals surface area (Å²) in [6.45, 7) is 6.95. The maximum atomic E-state index is 3.67. The smallest absolute Gasteiger partial charge is 0.00510 e. The van der Waals surface area contributed by atoms with Crippen LogP contribution >= 0.6 is 11.3 Å². The summed E-state index contributed by atoms with van der Waals surface area (Å²) in [7, 11) is 0. The van der Waals surface area contributed by atoms with Gasteiger partial charge in [0.05, 0.1) is 0 Å². The first-order chi connectivity index (χ1) is 9.83. The molecule has 20 heavy (non-hydrogen) atoms. The molecule has 1 aromatic heterocycles. The Bertz CT molecular complexity index is 371. The summed E-state index contributed by atoms with van der Waals surface area (Å²) >= 11 is 2.04. The van der Waals surface area contributed by atoms with E-state index < -0.39 is 0 Å². The molecule has 1 aromatic rings. The van der Waals surface area contributed by atoms with Gasteiger partial charge in [0.1, 0.15) is 0 Å². The highest BCUT2D eigenvalue weighted by Crippen LogP contribution is 2.32. The normalized spacial score (nSPS) is 23.7. The van der Waals surface area contributed by atoms with E-state index >= 15 is 0 Å². The number of aryl methyl sites for hydroxylation is 1. The molecule has 1 saturated carbocycles.